The summed E-state index contributed by atoms with van der Waals surface area (Å²) in [6, 6.07) is 0. The summed E-state index contributed by atoms with van der Waals surface area (Å²) in [6.07, 6.45) is -0.348. The maximum Gasteiger partial charge on any atom is 0.407 e. The largest absolute Gasteiger partial charge is 0.481 e. The standard InChI is InChI=1S/C15H19NO4/c1-13(2,3)20-12(19)16-4-14-5-8-6(14)10-7(14)9(5)15(8,10)11(17)18/h5-10H,4H2,1-3H3,(H,16,19)(H,17,18). The van der Waals surface area contributed by atoms with Gasteiger partial charge in [-0.3, -0.25) is 4.79 Å². The van der Waals surface area contributed by atoms with Crippen LogP contribution in [0.4, 0.5) is 4.79 Å². The molecule has 108 valence electrons. The average Bonchev–Trinajstić information content (AvgIpc) is 2.34. The van der Waals surface area contributed by atoms with Crippen LogP contribution in [-0.2, 0) is 9.53 Å². The normalized spacial score (nSPS) is 58.0. The molecule has 0 atom stereocenters. The third-order valence-corrected chi connectivity index (χ3v) is 7.15. The van der Waals surface area contributed by atoms with Crippen LogP contribution in [0.3, 0.4) is 0 Å². The number of nitrogens with one attached hydrogen (secondary N) is 1. The van der Waals surface area contributed by atoms with Gasteiger partial charge in [-0.2, -0.15) is 0 Å². The van der Waals surface area contributed by atoms with E-state index in [4.69, 9.17) is 4.74 Å². The molecule has 0 heterocycles. The van der Waals surface area contributed by atoms with Gasteiger partial charge in [-0.15, -0.1) is 0 Å². The molecule has 0 aliphatic heterocycles. The summed E-state index contributed by atoms with van der Waals surface area (Å²) in [5.74, 6) is 2.46. The summed E-state index contributed by atoms with van der Waals surface area (Å²) in [4.78, 5) is 23.2. The fourth-order valence-electron chi connectivity index (χ4n) is 7.07. The predicted octanol–water partition coefficient (Wildman–Crippen LogP) is 1.33. The number of rotatable bonds is 3. The lowest BCUT2D eigenvalue weighted by Crippen LogP contribution is -3.11. The summed E-state index contributed by atoms with van der Waals surface area (Å²) in [7, 11) is 0. The Hall–Kier alpha value is -1.26. The van der Waals surface area contributed by atoms with E-state index in [0.717, 1.165) is 0 Å². The average molecular weight is 277 g/mol. The number of carboxylic acids is 1. The number of carbonyl (C=O) groups is 2. The van der Waals surface area contributed by atoms with Crippen LogP contribution in [0, 0.1) is 46.3 Å². The number of aliphatic carboxylic acids is 1. The monoisotopic (exact) mass is 277 g/mol. The van der Waals surface area contributed by atoms with Crippen LogP contribution in [-0.4, -0.2) is 29.3 Å². The van der Waals surface area contributed by atoms with Crippen molar-refractivity contribution in [3.05, 3.63) is 0 Å². The number of carboxylic acid groups (broad SMARTS) is 1. The van der Waals surface area contributed by atoms with E-state index in [1.54, 1.807) is 0 Å². The zero-order valence-corrected chi connectivity index (χ0v) is 11.8. The first-order chi connectivity index (χ1) is 9.28. The second-order valence-corrected chi connectivity index (χ2v) is 8.36. The van der Waals surface area contributed by atoms with E-state index >= 15 is 0 Å². The van der Waals surface area contributed by atoms with E-state index in [-0.39, 0.29) is 16.9 Å². The fourth-order valence-corrected chi connectivity index (χ4v) is 7.07. The van der Waals surface area contributed by atoms with Crippen molar-refractivity contribution in [2.45, 2.75) is 26.4 Å². The third-order valence-electron chi connectivity index (χ3n) is 7.15. The van der Waals surface area contributed by atoms with Crippen LogP contribution in [0.1, 0.15) is 20.8 Å². The highest BCUT2D eigenvalue weighted by molar-refractivity contribution is 5.87. The van der Waals surface area contributed by atoms with Gasteiger partial charge in [0.2, 0.25) is 0 Å². The van der Waals surface area contributed by atoms with Gasteiger partial charge in [0.25, 0.3) is 0 Å². The minimum Gasteiger partial charge on any atom is -0.481 e. The van der Waals surface area contributed by atoms with Crippen LogP contribution >= 0.6 is 0 Å². The Morgan fingerprint density at radius 3 is 2.00 bits per heavy atom. The zero-order valence-electron chi connectivity index (χ0n) is 11.8. The van der Waals surface area contributed by atoms with E-state index in [9.17, 15) is 14.7 Å². The molecule has 6 aliphatic carbocycles. The Bertz CT molecular complexity index is 521. The third kappa shape index (κ3) is 0.723. The highest BCUT2D eigenvalue weighted by Gasteiger charge is 3.11. The molecule has 0 aromatic heterocycles. The molecule has 6 fully saturated rings. The molecule has 1 amide bonds. The van der Waals surface area contributed by atoms with Crippen molar-refractivity contribution in [2.24, 2.45) is 46.3 Å². The smallest absolute Gasteiger partial charge is 0.407 e. The molecule has 0 bridgehead atoms. The van der Waals surface area contributed by atoms with E-state index < -0.39 is 11.6 Å². The van der Waals surface area contributed by atoms with Crippen molar-refractivity contribution in [1.29, 1.82) is 0 Å². The van der Waals surface area contributed by atoms with Gasteiger partial charge in [-0.25, -0.2) is 4.79 Å². The number of hydrogen-bond acceptors (Lipinski definition) is 3. The number of carbonyl (C=O) groups excluding carboxylic acids is 1. The number of amides is 1. The van der Waals surface area contributed by atoms with Crippen LogP contribution in [0.2, 0.25) is 0 Å². The van der Waals surface area contributed by atoms with Gasteiger partial charge in [0.1, 0.15) is 5.60 Å². The first-order valence-electron chi connectivity index (χ1n) is 7.48. The molecular formula is C15H19NO4. The Morgan fingerprint density at radius 1 is 1.10 bits per heavy atom. The van der Waals surface area contributed by atoms with Gasteiger partial charge in [-0.05, 0) is 61.7 Å². The van der Waals surface area contributed by atoms with Crippen LogP contribution in [0.5, 0.6) is 0 Å². The van der Waals surface area contributed by atoms with Crippen molar-refractivity contribution in [3.8, 4) is 0 Å². The van der Waals surface area contributed by atoms with E-state index in [1.807, 2.05) is 20.8 Å². The summed E-state index contributed by atoms with van der Waals surface area (Å²) < 4.78 is 5.27. The van der Waals surface area contributed by atoms with Gasteiger partial charge < -0.3 is 15.2 Å². The molecular weight excluding hydrogens is 258 g/mol. The van der Waals surface area contributed by atoms with Crippen molar-refractivity contribution >= 4 is 12.1 Å². The van der Waals surface area contributed by atoms with E-state index in [2.05, 4.69) is 5.32 Å². The van der Waals surface area contributed by atoms with Crippen molar-refractivity contribution in [3.63, 3.8) is 0 Å². The van der Waals surface area contributed by atoms with Gasteiger partial charge in [-0.1, -0.05) is 0 Å². The molecule has 5 heteroatoms. The fraction of sp³-hybridized carbons (Fsp3) is 0.867. The van der Waals surface area contributed by atoms with Crippen LogP contribution < -0.4 is 5.32 Å². The lowest BCUT2D eigenvalue weighted by Gasteiger charge is -3.10. The van der Waals surface area contributed by atoms with Crippen LogP contribution in [0.25, 0.3) is 0 Å². The number of hydrogen-bond donors (Lipinski definition) is 2. The molecule has 0 spiro atoms. The Balaban J connectivity index is 1.25. The van der Waals surface area contributed by atoms with Crippen molar-refractivity contribution in [1.82, 2.24) is 5.32 Å². The molecule has 0 radical (unpaired) electrons. The lowest BCUT2D eigenvalue weighted by molar-refractivity contribution is -0.641. The molecule has 2 N–H and O–H groups in total. The lowest BCUT2D eigenvalue weighted by atomic mass is 8.92. The van der Waals surface area contributed by atoms with Crippen molar-refractivity contribution < 1.29 is 19.4 Å². The molecule has 0 aromatic carbocycles. The SMILES string of the molecule is CC(C)(C)OC(=O)NCC12C3C4C1C1C2C3C41C(=O)O. The second kappa shape index (κ2) is 2.60. The maximum atomic E-state index is 11.7. The minimum absolute atomic E-state index is 0.258. The molecule has 0 unspecified atom stereocenters. The predicted molar refractivity (Wildman–Crippen MR) is 67.7 cm³/mol. The minimum atomic E-state index is -0.561. The molecule has 6 rings (SSSR count). The molecule has 0 saturated heterocycles. The Kier molecular flexibility index (Phi) is 1.48. The molecule has 20 heavy (non-hydrogen) atoms. The van der Waals surface area contributed by atoms with Gasteiger partial charge in [0, 0.05) is 6.54 Å². The van der Waals surface area contributed by atoms with Gasteiger partial charge >= 0.3 is 12.1 Å². The second-order valence-electron chi connectivity index (χ2n) is 8.36. The molecule has 6 aliphatic rings. The highest BCUT2D eigenvalue weighted by Crippen LogP contribution is 3.10. The topological polar surface area (TPSA) is 75.6 Å². The summed E-state index contributed by atoms with van der Waals surface area (Å²) >= 11 is 0. The van der Waals surface area contributed by atoms with Gasteiger partial charge in [0.15, 0.2) is 0 Å². The molecule has 0 aromatic rings. The summed E-state index contributed by atoms with van der Waals surface area (Å²) in [5, 5.41) is 12.3. The highest BCUT2D eigenvalue weighted by atomic mass is 16.6. The first-order valence-corrected chi connectivity index (χ1v) is 7.48. The van der Waals surface area contributed by atoms with E-state index in [1.165, 1.54) is 0 Å². The first kappa shape index (κ1) is 11.4. The molecule has 6 saturated carbocycles. The maximum absolute atomic E-state index is 11.7. The summed E-state index contributed by atoms with van der Waals surface area (Å²) in [6.45, 7) is 6.25. The number of ether oxygens (including phenoxy) is 1. The van der Waals surface area contributed by atoms with Crippen molar-refractivity contribution in [2.75, 3.05) is 6.54 Å². The quantitative estimate of drug-likeness (QED) is 0.816. The van der Waals surface area contributed by atoms with Crippen LogP contribution in [0.15, 0.2) is 0 Å². The Labute approximate surface area is 117 Å². The summed E-state index contributed by atoms with van der Waals surface area (Å²) in [5.41, 5.74) is -0.523. The van der Waals surface area contributed by atoms with Gasteiger partial charge in [0.05, 0.1) is 5.41 Å². The number of alkyl carbamates (subject to hydrolysis) is 1. The Morgan fingerprint density at radius 2 is 1.60 bits per heavy atom. The molecule has 5 nitrogen and oxygen atoms in total. The van der Waals surface area contributed by atoms with E-state index in [0.29, 0.717) is 42.1 Å². The zero-order chi connectivity index (χ0) is 14.2.